The molecule has 0 aromatic heterocycles. The lowest BCUT2D eigenvalue weighted by atomic mass is 9.59. The molecule has 3 aliphatic rings. The first kappa shape index (κ1) is 16.2. The van der Waals surface area contributed by atoms with Crippen LogP contribution >= 0.6 is 0 Å². The molecule has 2 bridgehead atoms. The molecule has 2 aliphatic heterocycles. The van der Waals surface area contributed by atoms with Gasteiger partial charge in [-0.05, 0) is 35.8 Å². The molecule has 132 valence electrons. The van der Waals surface area contributed by atoms with Crippen LogP contribution in [0, 0.1) is 11.3 Å². The van der Waals surface area contributed by atoms with Crippen molar-refractivity contribution in [3.8, 4) is 11.5 Å². The molecular formula is C20H28O4. The maximum atomic E-state index is 11.1. The van der Waals surface area contributed by atoms with Crippen molar-refractivity contribution in [3.63, 3.8) is 0 Å². The molecule has 2 heterocycles. The molecule has 1 aliphatic carbocycles. The van der Waals surface area contributed by atoms with Crippen molar-refractivity contribution in [2.45, 2.75) is 77.1 Å². The van der Waals surface area contributed by atoms with E-state index in [2.05, 4.69) is 13.8 Å². The number of aromatic hydroxyl groups is 2. The molecular weight excluding hydrogens is 304 g/mol. The molecule has 4 rings (SSSR count). The van der Waals surface area contributed by atoms with Gasteiger partial charge in [-0.2, -0.15) is 0 Å². The lowest BCUT2D eigenvalue weighted by molar-refractivity contribution is -0.114. The topological polar surface area (TPSA) is 69.9 Å². The highest BCUT2D eigenvalue weighted by atomic mass is 16.5. The van der Waals surface area contributed by atoms with Gasteiger partial charge in [0, 0.05) is 23.5 Å². The fourth-order valence-corrected chi connectivity index (χ4v) is 5.68. The lowest BCUT2D eigenvalue weighted by Gasteiger charge is -2.49. The summed E-state index contributed by atoms with van der Waals surface area (Å²) >= 11 is 0. The normalized spacial score (nSPS) is 36.5. The van der Waals surface area contributed by atoms with Crippen LogP contribution in [0.15, 0.2) is 6.07 Å². The van der Waals surface area contributed by atoms with Gasteiger partial charge in [0.2, 0.25) is 0 Å². The SMILES string of the molecule is CC(C)c1cc2c(c(O)c1O)C[C@]13CCCC(C)(C)[C@H]1[C@H](O)[C@H]2O3. The smallest absolute Gasteiger partial charge is 0.161 e. The van der Waals surface area contributed by atoms with E-state index in [9.17, 15) is 15.3 Å². The molecule has 1 spiro atoms. The third kappa shape index (κ3) is 1.93. The van der Waals surface area contributed by atoms with Gasteiger partial charge in [-0.25, -0.2) is 0 Å². The summed E-state index contributed by atoms with van der Waals surface area (Å²) in [5.41, 5.74) is 1.94. The molecule has 0 amide bonds. The molecule has 3 N–H and O–H groups in total. The Labute approximate surface area is 143 Å². The summed E-state index contributed by atoms with van der Waals surface area (Å²) in [6.45, 7) is 8.40. The molecule has 1 aromatic rings. The van der Waals surface area contributed by atoms with Crippen molar-refractivity contribution in [1.82, 2.24) is 0 Å². The van der Waals surface area contributed by atoms with Crippen LogP contribution in [-0.2, 0) is 11.2 Å². The van der Waals surface area contributed by atoms with E-state index in [1.165, 1.54) is 0 Å². The van der Waals surface area contributed by atoms with Crippen LogP contribution in [0.25, 0.3) is 0 Å². The van der Waals surface area contributed by atoms with Crippen molar-refractivity contribution in [3.05, 3.63) is 22.8 Å². The number of aliphatic hydroxyl groups is 1. The van der Waals surface area contributed by atoms with Crippen molar-refractivity contribution < 1.29 is 20.1 Å². The third-order valence-electron chi connectivity index (χ3n) is 6.69. The van der Waals surface area contributed by atoms with Gasteiger partial charge in [-0.15, -0.1) is 0 Å². The molecule has 4 atom stereocenters. The van der Waals surface area contributed by atoms with Crippen LogP contribution in [0.5, 0.6) is 11.5 Å². The summed E-state index contributed by atoms with van der Waals surface area (Å²) in [5.74, 6) is 0.122. The Kier molecular flexibility index (Phi) is 3.30. The maximum Gasteiger partial charge on any atom is 0.161 e. The van der Waals surface area contributed by atoms with Crippen LogP contribution in [-0.4, -0.2) is 27.0 Å². The maximum absolute atomic E-state index is 11.1. The van der Waals surface area contributed by atoms with Gasteiger partial charge >= 0.3 is 0 Å². The largest absolute Gasteiger partial charge is 0.504 e. The van der Waals surface area contributed by atoms with E-state index in [1.807, 2.05) is 19.9 Å². The summed E-state index contributed by atoms with van der Waals surface area (Å²) in [5, 5.41) is 32.2. The Morgan fingerprint density at radius 3 is 2.54 bits per heavy atom. The molecule has 24 heavy (non-hydrogen) atoms. The zero-order valence-electron chi connectivity index (χ0n) is 15.0. The van der Waals surface area contributed by atoms with Gasteiger partial charge in [-0.1, -0.05) is 34.1 Å². The molecule has 4 nitrogen and oxygen atoms in total. The Hall–Kier alpha value is -1.26. The second-order valence-corrected chi connectivity index (χ2v) is 8.98. The summed E-state index contributed by atoms with van der Waals surface area (Å²) in [6.07, 6.45) is 2.65. The summed E-state index contributed by atoms with van der Waals surface area (Å²) in [4.78, 5) is 0. The number of ether oxygens (including phenoxy) is 1. The number of rotatable bonds is 1. The monoisotopic (exact) mass is 332 g/mol. The minimum atomic E-state index is -0.564. The Balaban J connectivity index is 1.90. The third-order valence-corrected chi connectivity index (χ3v) is 6.69. The van der Waals surface area contributed by atoms with E-state index in [0.717, 1.165) is 30.4 Å². The van der Waals surface area contributed by atoms with E-state index in [1.54, 1.807) is 0 Å². The Morgan fingerprint density at radius 2 is 1.88 bits per heavy atom. The van der Waals surface area contributed by atoms with Gasteiger partial charge in [0.25, 0.3) is 0 Å². The summed E-state index contributed by atoms with van der Waals surface area (Å²) in [6, 6.07) is 1.93. The van der Waals surface area contributed by atoms with E-state index >= 15 is 0 Å². The highest BCUT2D eigenvalue weighted by Gasteiger charge is 2.64. The highest BCUT2D eigenvalue weighted by Crippen LogP contribution is 2.63. The first-order valence-electron chi connectivity index (χ1n) is 9.11. The molecule has 4 heteroatoms. The standard InChI is InChI=1S/C20H28O4/c1-10(2)11-8-12-13(15(22)14(11)21)9-20-7-5-6-19(3,4)18(20)16(23)17(12)24-20/h8,10,16-18,21-23H,5-7,9H2,1-4H3/t16-,17+,18-,20-/m1/s1. The second-order valence-electron chi connectivity index (χ2n) is 8.98. The molecule has 0 unspecified atom stereocenters. The first-order chi connectivity index (χ1) is 11.2. The van der Waals surface area contributed by atoms with Gasteiger partial charge in [-0.3, -0.25) is 0 Å². The van der Waals surface area contributed by atoms with Crippen LogP contribution in [0.2, 0.25) is 0 Å². The molecule has 2 fully saturated rings. The number of hydrogen-bond donors (Lipinski definition) is 3. The number of fused-ring (bicyclic) bond motifs is 3. The average Bonchev–Trinajstić information content (AvgIpc) is 2.73. The van der Waals surface area contributed by atoms with Crippen LogP contribution in [0.3, 0.4) is 0 Å². The van der Waals surface area contributed by atoms with E-state index in [4.69, 9.17) is 4.74 Å². The van der Waals surface area contributed by atoms with Crippen LogP contribution in [0.4, 0.5) is 0 Å². The van der Waals surface area contributed by atoms with Gasteiger partial charge in [0.15, 0.2) is 11.5 Å². The van der Waals surface area contributed by atoms with Gasteiger partial charge in [0.1, 0.15) is 6.10 Å². The van der Waals surface area contributed by atoms with Crippen molar-refractivity contribution in [1.29, 1.82) is 0 Å². The fraction of sp³-hybridized carbons (Fsp3) is 0.700. The number of aliphatic hydroxyl groups excluding tert-OH is 1. The quantitative estimate of drug-likeness (QED) is 0.685. The van der Waals surface area contributed by atoms with Crippen LogP contribution in [0.1, 0.15) is 75.7 Å². The van der Waals surface area contributed by atoms with E-state index in [0.29, 0.717) is 12.0 Å². The summed E-state index contributed by atoms with van der Waals surface area (Å²) < 4.78 is 6.45. The zero-order chi connectivity index (χ0) is 17.4. The Bertz CT molecular complexity index is 693. The molecule has 1 saturated carbocycles. The zero-order valence-corrected chi connectivity index (χ0v) is 15.0. The van der Waals surface area contributed by atoms with Crippen molar-refractivity contribution in [2.75, 3.05) is 0 Å². The predicted octanol–water partition coefficient (Wildman–Crippen LogP) is 3.77. The minimum absolute atomic E-state index is 0.00695. The first-order valence-corrected chi connectivity index (χ1v) is 9.11. The average molecular weight is 332 g/mol. The van der Waals surface area contributed by atoms with Gasteiger partial charge < -0.3 is 20.1 Å². The predicted molar refractivity (Wildman–Crippen MR) is 91.3 cm³/mol. The number of phenols is 2. The van der Waals surface area contributed by atoms with Crippen molar-refractivity contribution in [2.24, 2.45) is 11.3 Å². The Morgan fingerprint density at radius 1 is 1.17 bits per heavy atom. The lowest BCUT2D eigenvalue weighted by Crippen LogP contribution is -2.51. The molecule has 1 aromatic carbocycles. The molecule has 0 radical (unpaired) electrons. The fourth-order valence-electron chi connectivity index (χ4n) is 5.68. The van der Waals surface area contributed by atoms with Crippen molar-refractivity contribution >= 4 is 0 Å². The van der Waals surface area contributed by atoms with Crippen LogP contribution < -0.4 is 0 Å². The number of benzene rings is 1. The minimum Gasteiger partial charge on any atom is -0.504 e. The van der Waals surface area contributed by atoms with E-state index in [-0.39, 0.29) is 28.7 Å². The van der Waals surface area contributed by atoms with Gasteiger partial charge in [0.05, 0.1) is 11.7 Å². The van der Waals surface area contributed by atoms with E-state index < -0.39 is 17.8 Å². The summed E-state index contributed by atoms with van der Waals surface area (Å²) in [7, 11) is 0. The highest BCUT2D eigenvalue weighted by molar-refractivity contribution is 5.58. The second kappa shape index (κ2) is 4.89. The molecule has 1 saturated heterocycles. The number of phenolic OH excluding ortho intramolecular Hbond substituents is 2. The number of hydrogen-bond acceptors (Lipinski definition) is 4.